The van der Waals surface area contributed by atoms with Crippen LogP contribution in [0.1, 0.15) is 44.3 Å². The summed E-state index contributed by atoms with van der Waals surface area (Å²) in [4.78, 5) is 16.4. The third kappa shape index (κ3) is 4.28. The lowest BCUT2D eigenvalue weighted by atomic mass is 9.93. The molecule has 0 saturated carbocycles. The van der Waals surface area contributed by atoms with Gasteiger partial charge in [0.15, 0.2) is 0 Å². The van der Waals surface area contributed by atoms with E-state index < -0.39 is 0 Å². The van der Waals surface area contributed by atoms with Crippen LogP contribution in [0, 0.1) is 5.92 Å². The number of carbonyl (C=O) groups excluding carboxylic acids is 1. The summed E-state index contributed by atoms with van der Waals surface area (Å²) in [6.07, 6.45) is 1.57. The largest absolute Gasteiger partial charge is 0.381 e. The van der Waals surface area contributed by atoms with Crippen molar-refractivity contribution in [3.8, 4) is 0 Å². The van der Waals surface area contributed by atoms with Crippen LogP contribution < -0.4 is 5.32 Å². The number of nitrogens with one attached hydrogen (secondary N) is 1. The summed E-state index contributed by atoms with van der Waals surface area (Å²) >= 11 is 1.61. The highest BCUT2D eigenvalue weighted by atomic mass is 32.1. The van der Waals surface area contributed by atoms with Gasteiger partial charge in [0.1, 0.15) is 5.01 Å². The van der Waals surface area contributed by atoms with Crippen molar-refractivity contribution in [2.24, 2.45) is 5.92 Å². The van der Waals surface area contributed by atoms with Crippen molar-refractivity contribution >= 4 is 17.2 Å². The molecule has 0 bridgehead atoms. The van der Waals surface area contributed by atoms with Crippen molar-refractivity contribution in [1.29, 1.82) is 0 Å². The topological polar surface area (TPSA) is 51.2 Å². The van der Waals surface area contributed by atoms with Gasteiger partial charge in [-0.05, 0) is 12.3 Å². The molecule has 1 unspecified atom stereocenters. The number of hydrogen-bond acceptors (Lipinski definition) is 4. The Kier molecular flexibility index (Phi) is 4.58. The first-order valence-electron chi connectivity index (χ1n) is 6.74. The maximum absolute atomic E-state index is 11.8. The maximum Gasteiger partial charge on any atom is 0.220 e. The number of hydrogen-bond donors (Lipinski definition) is 1. The van der Waals surface area contributed by atoms with E-state index in [4.69, 9.17) is 4.74 Å². The van der Waals surface area contributed by atoms with Gasteiger partial charge in [0.2, 0.25) is 5.91 Å². The van der Waals surface area contributed by atoms with Gasteiger partial charge in [-0.1, -0.05) is 20.8 Å². The molecule has 1 aromatic rings. The zero-order valence-electron chi connectivity index (χ0n) is 11.9. The number of amides is 1. The van der Waals surface area contributed by atoms with Gasteiger partial charge in [0, 0.05) is 30.4 Å². The molecule has 1 atom stereocenters. The van der Waals surface area contributed by atoms with Crippen molar-refractivity contribution in [3.05, 3.63) is 16.1 Å². The number of nitrogens with zero attached hydrogens (tertiary/aromatic N) is 1. The van der Waals surface area contributed by atoms with E-state index in [1.807, 2.05) is 0 Å². The van der Waals surface area contributed by atoms with Crippen LogP contribution in [0.25, 0.3) is 0 Å². The number of rotatable bonds is 4. The molecule has 1 amide bonds. The van der Waals surface area contributed by atoms with Crippen molar-refractivity contribution in [2.45, 2.75) is 45.6 Å². The molecule has 1 N–H and O–H groups in total. The Morgan fingerprint density at radius 2 is 2.37 bits per heavy atom. The highest BCUT2D eigenvalue weighted by Gasteiger charge is 2.20. The van der Waals surface area contributed by atoms with Gasteiger partial charge in [-0.25, -0.2) is 4.98 Å². The fraction of sp³-hybridized carbons (Fsp3) is 0.714. The van der Waals surface area contributed by atoms with Crippen LogP contribution in [0.15, 0.2) is 5.38 Å². The van der Waals surface area contributed by atoms with Crippen molar-refractivity contribution in [3.63, 3.8) is 0 Å². The molecule has 19 heavy (non-hydrogen) atoms. The number of aromatic nitrogens is 1. The number of ether oxygens (including phenoxy) is 1. The first-order chi connectivity index (χ1) is 8.95. The van der Waals surface area contributed by atoms with Gasteiger partial charge >= 0.3 is 0 Å². The van der Waals surface area contributed by atoms with Gasteiger partial charge in [0.25, 0.3) is 0 Å². The minimum absolute atomic E-state index is 0.0694. The summed E-state index contributed by atoms with van der Waals surface area (Å²) in [6, 6.07) is 0. The molecule has 5 heteroatoms. The summed E-state index contributed by atoms with van der Waals surface area (Å²) in [5, 5.41) is 5.99. The van der Waals surface area contributed by atoms with Gasteiger partial charge in [-0.3, -0.25) is 4.79 Å². The fourth-order valence-electron chi connectivity index (χ4n) is 1.99. The van der Waals surface area contributed by atoms with E-state index >= 15 is 0 Å². The van der Waals surface area contributed by atoms with E-state index in [2.05, 4.69) is 36.5 Å². The third-order valence-corrected chi connectivity index (χ3v) is 4.10. The molecule has 0 aliphatic carbocycles. The van der Waals surface area contributed by atoms with Crippen molar-refractivity contribution in [1.82, 2.24) is 10.3 Å². The second-order valence-corrected chi connectivity index (χ2v) is 7.03. The molecule has 2 heterocycles. The highest BCUT2D eigenvalue weighted by Crippen LogP contribution is 2.23. The monoisotopic (exact) mass is 282 g/mol. The van der Waals surface area contributed by atoms with Crippen LogP contribution in [0.3, 0.4) is 0 Å². The third-order valence-electron chi connectivity index (χ3n) is 3.26. The molecule has 1 aliphatic heterocycles. The predicted octanol–water partition coefficient (Wildman–Crippen LogP) is 2.48. The lowest BCUT2D eigenvalue weighted by molar-refractivity contribution is -0.122. The Morgan fingerprint density at radius 3 is 2.95 bits per heavy atom. The summed E-state index contributed by atoms with van der Waals surface area (Å²) in [6.45, 7) is 8.48. The molecule has 1 saturated heterocycles. The zero-order valence-corrected chi connectivity index (χ0v) is 12.7. The Balaban J connectivity index is 1.78. The van der Waals surface area contributed by atoms with Gasteiger partial charge < -0.3 is 10.1 Å². The van der Waals surface area contributed by atoms with Crippen LogP contribution in [-0.4, -0.2) is 24.1 Å². The average Bonchev–Trinajstić information content (AvgIpc) is 2.95. The molecule has 0 radical (unpaired) electrons. The summed E-state index contributed by atoms with van der Waals surface area (Å²) in [5.41, 5.74) is 1.16. The Morgan fingerprint density at radius 1 is 1.58 bits per heavy atom. The normalized spacial score (nSPS) is 19.6. The quantitative estimate of drug-likeness (QED) is 0.923. The van der Waals surface area contributed by atoms with E-state index in [-0.39, 0.29) is 11.3 Å². The summed E-state index contributed by atoms with van der Waals surface area (Å²) in [7, 11) is 0. The van der Waals surface area contributed by atoms with Crippen LogP contribution in [0.2, 0.25) is 0 Å². The minimum Gasteiger partial charge on any atom is -0.381 e. The molecule has 1 fully saturated rings. The average molecular weight is 282 g/mol. The lowest BCUT2D eigenvalue weighted by Crippen LogP contribution is -2.25. The second-order valence-electron chi connectivity index (χ2n) is 6.09. The Bertz CT molecular complexity index is 431. The summed E-state index contributed by atoms with van der Waals surface area (Å²) in [5.74, 6) is 0.490. The number of carbonyl (C=O) groups is 1. The first-order valence-corrected chi connectivity index (χ1v) is 7.62. The zero-order chi connectivity index (χ0) is 13.9. The smallest absolute Gasteiger partial charge is 0.220 e. The molecule has 0 aromatic carbocycles. The Labute approximate surface area is 118 Å². The molecular formula is C14H22N2O2S. The van der Waals surface area contributed by atoms with E-state index in [1.54, 1.807) is 11.3 Å². The SMILES string of the molecule is CC(C)(C)c1csc(CNC(=O)CC2CCOC2)n1. The van der Waals surface area contributed by atoms with E-state index in [9.17, 15) is 4.79 Å². The molecule has 1 aromatic heterocycles. The van der Waals surface area contributed by atoms with Crippen LogP contribution in [-0.2, 0) is 21.5 Å². The molecule has 2 rings (SSSR count). The molecule has 1 aliphatic rings. The highest BCUT2D eigenvalue weighted by molar-refractivity contribution is 7.09. The van der Waals surface area contributed by atoms with Crippen molar-refractivity contribution < 1.29 is 9.53 Å². The van der Waals surface area contributed by atoms with E-state index in [0.29, 0.717) is 18.9 Å². The molecule has 4 nitrogen and oxygen atoms in total. The maximum atomic E-state index is 11.8. The predicted molar refractivity (Wildman–Crippen MR) is 76.2 cm³/mol. The molecular weight excluding hydrogens is 260 g/mol. The van der Waals surface area contributed by atoms with Crippen LogP contribution in [0.5, 0.6) is 0 Å². The molecule has 0 spiro atoms. The van der Waals surface area contributed by atoms with Gasteiger partial charge in [-0.2, -0.15) is 0 Å². The van der Waals surface area contributed by atoms with E-state index in [0.717, 1.165) is 30.3 Å². The fourth-order valence-corrected chi connectivity index (χ4v) is 2.95. The standard InChI is InChI=1S/C14H22N2O2S/c1-14(2,3)11-9-19-13(16-11)7-15-12(17)6-10-4-5-18-8-10/h9-10H,4-8H2,1-3H3,(H,15,17). The van der Waals surface area contributed by atoms with E-state index in [1.165, 1.54) is 0 Å². The van der Waals surface area contributed by atoms with Gasteiger partial charge in [0.05, 0.1) is 12.2 Å². The number of thiazole rings is 1. The summed E-state index contributed by atoms with van der Waals surface area (Å²) < 4.78 is 5.27. The van der Waals surface area contributed by atoms with Crippen LogP contribution in [0.4, 0.5) is 0 Å². The minimum atomic E-state index is 0.0694. The lowest BCUT2D eigenvalue weighted by Gasteiger charge is -2.14. The van der Waals surface area contributed by atoms with Gasteiger partial charge in [-0.15, -0.1) is 11.3 Å². The molecule has 106 valence electrons. The van der Waals surface area contributed by atoms with Crippen molar-refractivity contribution in [2.75, 3.05) is 13.2 Å². The first kappa shape index (κ1) is 14.5. The second kappa shape index (κ2) is 6.01. The Hall–Kier alpha value is -0.940. The van der Waals surface area contributed by atoms with Crippen LogP contribution >= 0.6 is 11.3 Å².